The van der Waals surface area contributed by atoms with Crippen molar-refractivity contribution in [2.24, 2.45) is 0 Å². The number of H-pyrrole nitrogens is 1. The number of methoxy groups -OCH3 is 1. The Hall–Kier alpha value is -2.50. The van der Waals surface area contributed by atoms with Gasteiger partial charge in [-0.05, 0) is 25.5 Å². The van der Waals surface area contributed by atoms with Crippen LogP contribution < -0.4 is 5.32 Å². The number of benzene rings is 1. The van der Waals surface area contributed by atoms with Crippen LogP contribution in [-0.4, -0.2) is 36.3 Å². The molecule has 0 aliphatic rings. The summed E-state index contributed by atoms with van der Waals surface area (Å²) in [6.07, 6.45) is 1.48. The van der Waals surface area contributed by atoms with Gasteiger partial charge in [-0.2, -0.15) is 0 Å². The third-order valence-electron chi connectivity index (χ3n) is 3.51. The SMILES string of the molecule is CCOC(=O)N[C@@](C)(Cc1c[nH]c2ccccc12)C(=O)OC. The Balaban J connectivity index is 2.30. The topological polar surface area (TPSA) is 80.4 Å². The van der Waals surface area contributed by atoms with Crippen molar-refractivity contribution in [1.82, 2.24) is 10.3 Å². The molecule has 1 atom stereocenters. The first-order valence-corrected chi connectivity index (χ1v) is 7.08. The normalized spacial score (nSPS) is 13.4. The lowest BCUT2D eigenvalue weighted by Gasteiger charge is -2.27. The summed E-state index contributed by atoms with van der Waals surface area (Å²) in [5, 5.41) is 3.60. The maximum absolute atomic E-state index is 12.1. The van der Waals surface area contributed by atoms with Gasteiger partial charge in [0, 0.05) is 23.5 Å². The van der Waals surface area contributed by atoms with Crippen LogP contribution in [0.1, 0.15) is 19.4 Å². The van der Waals surface area contributed by atoms with E-state index in [-0.39, 0.29) is 6.61 Å². The highest BCUT2D eigenvalue weighted by Gasteiger charge is 2.37. The van der Waals surface area contributed by atoms with Crippen LogP contribution in [0.4, 0.5) is 4.79 Å². The van der Waals surface area contributed by atoms with Crippen LogP contribution in [0.2, 0.25) is 0 Å². The van der Waals surface area contributed by atoms with Crippen molar-refractivity contribution >= 4 is 23.0 Å². The summed E-state index contributed by atoms with van der Waals surface area (Å²) in [4.78, 5) is 27.0. The number of alkyl carbamates (subject to hydrolysis) is 1. The number of hydrogen-bond donors (Lipinski definition) is 2. The van der Waals surface area contributed by atoms with Crippen LogP contribution in [0.5, 0.6) is 0 Å². The van der Waals surface area contributed by atoms with Gasteiger partial charge in [-0.15, -0.1) is 0 Å². The molecule has 1 aromatic heterocycles. The third kappa shape index (κ3) is 3.21. The number of aromatic nitrogens is 1. The molecule has 0 radical (unpaired) electrons. The first-order chi connectivity index (χ1) is 10.5. The van der Waals surface area contributed by atoms with Crippen molar-refractivity contribution in [1.29, 1.82) is 0 Å². The molecule has 6 nitrogen and oxygen atoms in total. The van der Waals surface area contributed by atoms with E-state index in [2.05, 4.69) is 10.3 Å². The molecule has 22 heavy (non-hydrogen) atoms. The summed E-state index contributed by atoms with van der Waals surface area (Å²) in [7, 11) is 1.29. The van der Waals surface area contributed by atoms with Gasteiger partial charge in [-0.25, -0.2) is 9.59 Å². The molecule has 2 N–H and O–H groups in total. The molecule has 1 heterocycles. The summed E-state index contributed by atoms with van der Waals surface area (Å²) in [5.41, 5.74) is 0.688. The Kier molecular flexibility index (Phi) is 4.70. The number of fused-ring (bicyclic) bond motifs is 1. The number of hydrogen-bond acceptors (Lipinski definition) is 4. The summed E-state index contributed by atoms with van der Waals surface area (Å²) in [6.45, 7) is 3.56. The number of para-hydroxylation sites is 1. The maximum Gasteiger partial charge on any atom is 0.408 e. The second-order valence-corrected chi connectivity index (χ2v) is 5.21. The van der Waals surface area contributed by atoms with Crippen LogP contribution in [0.25, 0.3) is 10.9 Å². The van der Waals surface area contributed by atoms with Crippen molar-refractivity contribution < 1.29 is 19.1 Å². The van der Waals surface area contributed by atoms with E-state index in [1.165, 1.54) is 7.11 Å². The van der Waals surface area contributed by atoms with Crippen LogP contribution >= 0.6 is 0 Å². The first-order valence-electron chi connectivity index (χ1n) is 7.08. The standard InChI is InChI=1S/C16H20N2O4/c1-4-22-15(20)18-16(2,14(19)21-3)9-11-10-17-13-8-6-5-7-12(11)13/h5-8,10,17H,4,9H2,1-3H3,(H,18,20)/t16-/m0/s1. The van der Waals surface area contributed by atoms with Gasteiger partial charge in [0.2, 0.25) is 0 Å². The zero-order valence-electron chi connectivity index (χ0n) is 12.9. The Morgan fingerprint density at radius 3 is 2.73 bits per heavy atom. The van der Waals surface area contributed by atoms with E-state index in [0.717, 1.165) is 16.5 Å². The van der Waals surface area contributed by atoms with Gasteiger partial charge in [-0.3, -0.25) is 0 Å². The number of amides is 1. The van der Waals surface area contributed by atoms with Crippen LogP contribution in [0.15, 0.2) is 30.5 Å². The number of esters is 1. The molecular weight excluding hydrogens is 284 g/mol. The van der Waals surface area contributed by atoms with E-state index in [1.54, 1.807) is 13.8 Å². The summed E-state index contributed by atoms with van der Waals surface area (Å²) in [5.74, 6) is -0.522. The average Bonchev–Trinajstić information content (AvgIpc) is 2.89. The summed E-state index contributed by atoms with van der Waals surface area (Å²) < 4.78 is 9.71. The molecule has 0 aliphatic heterocycles. The third-order valence-corrected chi connectivity index (χ3v) is 3.51. The van der Waals surface area contributed by atoms with Crippen molar-refractivity contribution in [3.63, 3.8) is 0 Å². The molecule has 0 fully saturated rings. The number of aromatic amines is 1. The number of nitrogens with one attached hydrogen (secondary N) is 2. The van der Waals surface area contributed by atoms with Crippen LogP contribution in [0.3, 0.4) is 0 Å². The van der Waals surface area contributed by atoms with E-state index in [0.29, 0.717) is 6.42 Å². The molecule has 0 aliphatic carbocycles. The van der Waals surface area contributed by atoms with Gasteiger partial charge in [0.15, 0.2) is 0 Å². The molecule has 0 bridgehead atoms. The molecule has 0 spiro atoms. The molecule has 2 rings (SSSR count). The second-order valence-electron chi connectivity index (χ2n) is 5.21. The average molecular weight is 304 g/mol. The van der Waals surface area contributed by atoms with E-state index >= 15 is 0 Å². The highest BCUT2D eigenvalue weighted by molar-refractivity contribution is 5.88. The number of carbonyl (C=O) groups is 2. The Bertz CT molecular complexity index is 680. The Labute approximate surface area is 128 Å². The zero-order chi connectivity index (χ0) is 16.2. The summed E-state index contributed by atoms with van der Waals surface area (Å²) in [6, 6.07) is 7.77. The van der Waals surface area contributed by atoms with Gasteiger partial charge in [0.25, 0.3) is 0 Å². The largest absolute Gasteiger partial charge is 0.467 e. The first kappa shape index (κ1) is 15.9. The maximum atomic E-state index is 12.1. The minimum Gasteiger partial charge on any atom is -0.467 e. The predicted molar refractivity (Wildman–Crippen MR) is 82.6 cm³/mol. The second kappa shape index (κ2) is 6.51. The van der Waals surface area contributed by atoms with E-state index in [4.69, 9.17) is 9.47 Å². The van der Waals surface area contributed by atoms with Crippen molar-refractivity contribution in [2.45, 2.75) is 25.8 Å². The monoisotopic (exact) mass is 304 g/mol. The van der Waals surface area contributed by atoms with Gasteiger partial charge in [0.05, 0.1) is 13.7 Å². The van der Waals surface area contributed by atoms with Crippen LogP contribution in [0, 0.1) is 0 Å². The van der Waals surface area contributed by atoms with E-state index in [1.807, 2.05) is 30.5 Å². The lowest BCUT2D eigenvalue weighted by molar-refractivity contribution is -0.147. The highest BCUT2D eigenvalue weighted by Crippen LogP contribution is 2.23. The lowest BCUT2D eigenvalue weighted by atomic mass is 9.92. The molecular formula is C16H20N2O4. The molecule has 0 unspecified atom stereocenters. The van der Waals surface area contributed by atoms with Gasteiger partial charge in [0.1, 0.15) is 5.54 Å². The number of rotatable bonds is 5. The van der Waals surface area contributed by atoms with Crippen LogP contribution in [-0.2, 0) is 20.7 Å². The molecule has 0 saturated heterocycles. The molecule has 0 saturated carbocycles. The predicted octanol–water partition coefficient (Wildman–Crippen LogP) is 2.39. The van der Waals surface area contributed by atoms with Crippen molar-refractivity contribution in [3.05, 3.63) is 36.0 Å². The lowest BCUT2D eigenvalue weighted by Crippen LogP contribution is -2.54. The zero-order valence-corrected chi connectivity index (χ0v) is 12.9. The quantitative estimate of drug-likeness (QED) is 0.831. The molecule has 118 valence electrons. The fraction of sp³-hybridized carbons (Fsp3) is 0.375. The van der Waals surface area contributed by atoms with Gasteiger partial charge < -0.3 is 19.8 Å². The molecule has 1 amide bonds. The highest BCUT2D eigenvalue weighted by atomic mass is 16.6. The van der Waals surface area contributed by atoms with E-state index in [9.17, 15) is 9.59 Å². The minimum atomic E-state index is -1.20. The van der Waals surface area contributed by atoms with Crippen molar-refractivity contribution in [2.75, 3.05) is 13.7 Å². The fourth-order valence-electron chi connectivity index (χ4n) is 2.44. The number of ether oxygens (including phenoxy) is 2. The summed E-state index contributed by atoms with van der Waals surface area (Å²) >= 11 is 0. The number of carbonyl (C=O) groups excluding carboxylic acids is 2. The van der Waals surface area contributed by atoms with Crippen molar-refractivity contribution in [3.8, 4) is 0 Å². The Morgan fingerprint density at radius 1 is 1.32 bits per heavy atom. The molecule has 1 aromatic carbocycles. The minimum absolute atomic E-state index is 0.232. The van der Waals surface area contributed by atoms with Gasteiger partial charge in [-0.1, -0.05) is 18.2 Å². The van der Waals surface area contributed by atoms with Gasteiger partial charge >= 0.3 is 12.1 Å². The Morgan fingerprint density at radius 2 is 2.05 bits per heavy atom. The smallest absolute Gasteiger partial charge is 0.408 e. The molecule has 2 aromatic rings. The fourth-order valence-corrected chi connectivity index (χ4v) is 2.44. The molecule has 6 heteroatoms. The van der Waals surface area contributed by atoms with E-state index < -0.39 is 17.6 Å².